The van der Waals surface area contributed by atoms with Crippen molar-refractivity contribution in [3.05, 3.63) is 35.6 Å². The first kappa shape index (κ1) is 13.5. The lowest BCUT2D eigenvalue weighted by atomic mass is 9.96. The molecule has 1 aliphatic heterocycles. The first-order chi connectivity index (χ1) is 9.59. The summed E-state index contributed by atoms with van der Waals surface area (Å²) >= 11 is 0. The molecule has 1 heterocycles. The molecule has 1 saturated heterocycles. The summed E-state index contributed by atoms with van der Waals surface area (Å²) in [5, 5.41) is 15.4. The Morgan fingerprint density at radius 3 is 2.65 bits per heavy atom. The van der Waals surface area contributed by atoms with Crippen LogP contribution in [0.4, 0.5) is 4.39 Å². The Labute approximate surface area is 117 Å². The normalized spacial score (nSPS) is 27.3. The maximum absolute atomic E-state index is 12.9. The van der Waals surface area contributed by atoms with E-state index in [9.17, 15) is 14.3 Å². The van der Waals surface area contributed by atoms with Gasteiger partial charge in [0.05, 0.1) is 12.1 Å². The Bertz CT molecular complexity index is 499. The fourth-order valence-corrected chi connectivity index (χ4v) is 2.82. The molecule has 0 aromatic heterocycles. The van der Waals surface area contributed by atoms with Crippen molar-refractivity contribution in [2.24, 2.45) is 0 Å². The van der Waals surface area contributed by atoms with Gasteiger partial charge in [-0.1, -0.05) is 12.1 Å². The number of halogens is 1. The van der Waals surface area contributed by atoms with Crippen molar-refractivity contribution >= 4 is 5.91 Å². The molecule has 4 nitrogen and oxygen atoms in total. The van der Waals surface area contributed by atoms with Crippen LogP contribution in [-0.4, -0.2) is 36.2 Å². The van der Waals surface area contributed by atoms with E-state index in [1.807, 2.05) is 0 Å². The van der Waals surface area contributed by atoms with Crippen molar-refractivity contribution in [3.8, 4) is 0 Å². The van der Waals surface area contributed by atoms with Gasteiger partial charge in [-0.15, -0.1) is 0 Å². The van der Waals surface area contributed by atoms with Crippen LogP contribution in [0.25, 0.3) is 0 Å². The van der Waals surface area contributed by atoms with Crippen LogP contribution in [0.1, 0.15) is 24.8 Å². The highest BCUT2D eigenvalue weighted by atomic mass is 19.1. The number of β-amino-alcohol motifs (C(OH)–C–C–N with tert-alkyl or cyclic N) is 1. The molecule has 0 bridgehead atoms. The van der Waals surface area contributed by atoms with Gasteiger partial charge < -0.3 is 15.7 Å². The molecule has 2 aliphatic rings. The molecule has 1 aromatic rings. The lowest BCUT2D eigenvalue weighted by Gasteiger charge is -2.18. The minimum atomic E-state index is -0.433. The van der Waals surface area contributed by atoms with Crippen LogP contribution in [-0.2, 0) is 10.2 Å². The summed E-state index contributed by atoms with van der Waals surface area (Å²) in [6.07, 6.45) is 2.06. The average Bonchev–Trinajstić information content (AvgIpc) is 3.11. The van der Waals surface area contributed by atoms with Gasteiger partial charge in [0.15, 0.2) is 0 Å². The van der Waals surface area contributed by atoms with Crippen molar-refractivity contribution in [2.45, 2.75) is 36.8 Å². The zero-order chi connectivity index (χ0) is 14.2. The van der Waals surface area contributed by atoms with E-state index in [1.165, 1.54) is 12.1 Å². The number of nitrogens with one attached hydrogen (secondary N) is 2. The van der Waals surface area contributed by atoms with Gasteiger partial charge in [-0.3, -0.25) is 4.79 Å². The van der Waals surface area contributed by atoms with E-state index in [0.717, 1.165) is 18.4 Å². The monoisotopic (exact) mass is 278 g/mol. The number of carbonyl (C=O) groups excluding carboxylic acids is 1. The van der Waals surface area contributed by atoms with Crippen LogP contribution in [0.15, 0.2) is 24.3 Å². The van der Waals surface area contributed by atoms with E-state index < -0.39 is 6.10 Å². The number of hydrogen-bond acceptors (Lipinski definition) is 3. The zero-order valence-electron chi connectivity index (χ0n) is 11.2. The van der Waals surface area contributed by atoms with Crippen LogP contribution in [0.3, 0.4) is 0 Å². The molecule has 1 aromatic carbocycles. The second-order valence-corrected chi connectivity index (χ2v) is 5.86. The van der Waals surface area contributed by atoms with E-state index in [4.69, 9.17) is 0 Å². The third-order valence-electron chi connectivity index (χ3n) is 4.34. The summed E-state index contributed by atoms with van der Waals surface area (Å²) in [6, 6.07) is 6.23. The molecule has 108 valence electrons. The lowest BCUT2D eigenvalue weighted by molar-refractivity contribution is -0.123. The van der Waals surface area contributed by atoms with Crippen LogP contribution < -0.4 is 10.6 Å². The van der Waals surface area contributed by atoms with Crippen LogP contribution in [0.5, 0.6) is 0 Å². The number of rotatable bonds is 4. The summed E-state index contributed by atoms with van der Waals surface area (Å²) < 4.78 is 12.9. The molecule has 3 N–H and O–H groups in total. The van der Waals surface area contributed by atoms with E-state index in [2.05, 4.69) is 10.6 Å². The van der Waals surface area contributed by atoms with Crippen LogP contribution in [0, 0.1) is 5.82 Å². The van der Waals surface area contributed by atoms with Gasteiger partial charge in [0.2, 0.25) is 5.91 Å². The SMILES string of the molecule is O=C(NCC1(c2ccc(F)cc2)CC1)[C@@H]1C[C@H](O)CN1. The fourth-order valence-electron chi connectivity index (χ4n) is 2.82. The topological polar surface area (TPSA) is 61.4 Å². The van der Waals surface area contributed by atoms with E-state index in [0.29, 0.717) is 19.5 Å². The van der Waals surface area contributed by atoms with Gasteiger partial charge in [0.25, 0.3) is 0 Å². The number of amides is 1. The maximum atomic E-state index is 12.9. The van der Waals surface area contributed by atoms with Gasteiger partial charge >= 0.3 is 0 Å². The fraction of sp³-hybridized carbons (Fsp3) is 0.533. The Kier molecular flexibility index (Phi) is 3.48. The van der Waals surface area contributed by atoms with Gasteiger partial charge in [0, 0.05) is 18.5 Å². The number of hydrogen-bond donors (Lipinski definition) is 3. The van der Waals surface area contributed by atoms with Crippen LogP contribution >= 0.6 is 0 Å². The molecular weight excluding hydrogens is 259 g/mol. The summed E-state index contributed by atoms with van der Waals surface area (Å²) in [6.45, 7) is 1.05. The minimum Gasteiger partial charge on any atom is -0.392 e. The maximum Gasteiger partial charge on any atom is 0.237 e. The Morgan fingerprint density at radius 1 is 1.40 bits per heavy atom. The van der Waals surface area contributed by atoms with E-state index >= 15 is 0 Å². The third kappa shape index (κ3) is 2.69. The summed E-state index contributed by atoms with van der Waals surface area (Å²) in [7, 11) is 0. The second-order valence-electron chi connectivity index (χ2n) is 5.86. The van der Waals surface area contributed by atoms with Crippen molar-refractivity contribution in [1.29, 1.82) is 0 Å². The predicted octanol–water partition coefficient (Wildman–Crippen LogP) is 0.696. The molecule has 2 atom stereocenters. The molecule has 1 amide bonds. The summed E-state index contributed by atoms with van der Waals surface area (Å²) in [4.78, 5) is 12.0. The number of aliphatic hydroxyl groups is 1. The number of carbonyl (C=O) groups is 1. The quantitative estimate of drug-likeness (QED) is 0.759. The number of benzene rings is 1. The van der Waals surface area contributed by atoms with Crippen molar-refractivity contribution < 1.29 is 14.3 Å². The van der Waals surface area contributed by atoms with Gasteiger partial charge in [0.1, 0.15) is 5.82 Å². The van der Waals surface area contributed by atoms with Gasteiger partial charge in [-0.2, -0.15) is 0 Å². The predicted molar refractivity (Wildman–Crippen MR) is 72.7 cm³/mol. The van der Waals surface area contributed by atoms with Crippen LogP contribution in [0.2, 0.25) is 0 Å². The highest BCUT2D eigenvalue weighted by Crippen LogP contribution is 2.47. The molecule has 20 heavy (non-hydrogen) atoms. The van der Waals surface area contributed by atoms with Gasteiger partial charge in [-0.05, 0) is 37.0 Å². The van der Waals surface area contributed by atoms with Gasteiger partial charge in [-0.25, -0.2) is 4.39 Å². The van der Waals surface area contributed by atoms with E-state index in [-0.39, 0.29) is 23.2 Å². The zero-order valence-corrected chi connectivity index (χ0v) is 11.2. The Hall–Kier alpha value is -1.46. The highest BCUT2D eigenvalue weighted by molar-refractivity contribution is 5.82. The molecular formula is C15H19FN2O2. The Morgan fingerprint density at radius 2 is 2.10 bits per heavy atom. The second kappa shape index (κ2) is 5.14. The van der Waals surface area contributed by atoms with Crippen molar-refractivity contribution in [2.75, 3.05) is 13.1 Å². The summed E-state index contributed by atoms with van der Waals surface area (Å²) in [5.41, 5.74) is 1.05. The molecule has 2 fully saturated rings. The largest absolute Gasteiger partial charge is 0.392 e. The number of aliphatic hydroxyl groups excluding tert-OH is 1. The molecule has 1 aliphatic carbocycles. The van der Waals surface area contributed by atoms with Crippen molar-refractivity contribution in [3.63, 3.8) is 0 Å². The molecule has 0 spiro atoms. The smallest absolute Gasteiger partial charge is 0.237 e. The first-order valence-corrected chi connectivity index (χ1v) is 7.04. The highest BCUT2D eigenvalue weighted by Gasteiger charge is 2.44. The summed E-state index contributed by atoms with van der Waals surface area (Å²) in [5.74, 6) is -0.298. The molecule has 5 heteroatoms. The standard InChI is InChI=1S/C15H19FN2O2/c16-11-3-1-10(2-4-11)15(5-6-15)9-18-14(20)13-7-12(19)8-17-13/h1-4,12-13,17,19H,5-9H2,(H,18,20)/t12-,13-/m0/s1. The first-order valence-electron chi connectivity index (χ1n) is 7.04. The van der Waals surface area contributed by atoms with E-state index in [1.54, 1.807) is 12.1 Å². The minimum absolute atomic E-state index is 0.0272. The lowest BCUT2D eigenvalue weighted by Crippen LogP contribution is -2.43. The molecule has 3 rings (SSSR count). The molecule has 0 unspecified atom stereocenters. The third-order valence-corrected chi connectivity index (χ3v) is 4.34. The molecule has 0 radical (unpaired) electrons. The average molecular weight is 278 g/mol. The van der Waals surface area contributed by atoms with Crippen molar-refractivity contribution in [1.82, 2.24) is 10.6 Å². The molecule has 1 saturated carbocycles. The Balaban J connectivity index is 1.58.